The van der Waals surface area contributed by atoms with E-state index in [1.54, 1.807) is 83.1 Å². The fraction of sp³-hybridized carbons (Fsp3) is 0.463. The normalized spacial score (nSPS) is 17.4. The van der Waals surface area contributed by atoms with Crippen LogP contribution in [0, 0.1) is 60.2 Å². The zero-order chi connectivity index (χ0) is 66.9. The highest BCUT2D eigenvalue weighted by atomic mass is 32.2. The van der Waals surface area contributed by atoms with Gasteiger partial charge in [0.05, 0.1) is 89.3 Å². The summed E-state index contributed by atoms with van der Waals surface area (Å²) < 4.78 is 60.2. The molecule has 92 heavy (non-hydrogen) atoms. The standard InChI is InChI=1S/C67H74N2O21S2/c1-8-53(70)85-40(4)37-82-39(3)36-83-57(74)28-26-55(72)80-32-30-44-10-22-51(23-11-44)87-63(76)46-14-18-48(19-15-46)65(78)89-59-42(6)43(7)60(62-61(59)91-67(92-62)50(34-68)35-69)90-66(79)49-20-16-47(17-21-49)64(77)88-52-24-12-45(13-25-52)31-33-81-56(73)27-29-58(75)84-38-41(5)86-54(71)9-2/h8-13,22-25,39-41,46-49H,1-2,14-21,26-33,36-38H2,3-7H3. The second-order valence-corrected chi connectivity index (χ2v) is 24.4. The highest BCUT2D eigenvalue weighted by molar-refractivity contribution is 8.24. The van der Waals surface area contributed by atoms with Gasteiger partial charge in [0.15, 0.2) is 0 Å². The summed E-state index contributed by atoms with van der Waals surface area (Å²) in [7, 11) is 0. The van der Waals surface area contributed by atoms with Crippen LogP contribution >= 0.6 is 23.5 Å². The minimum Gasteiger partial charge on any atom is -0.465 e. The first-order chi connectivity index (χ1) is 44.1. The van der Waals surface area contributed by atoms with Crippen molar-refractivity contribution in [1.29, 1.82) is 10.5 Å². The van der Waals surface area contributed by atoms with Crippen molar-refractivity contribution in [2.24, 2.45) is 23.7 Å². The lowest BCUT2D eigenvalue weighted by molar-refractivity contribution is -0.156. The van der Waals surface area contributed by atoms with E-state index in [9.17, 15) is 58.5 Å². The van der Waals surface area contributed by atoms with Crippen LogP contribution in [0.5, 0.6) is 23.0 Å². The third-order valence-corrected chi connectivity index (χ3v) is 17.7. The lowest BCUT2D eigenvalue weighted by Crippen LogP contribution is -2.31. The molecule has 3 aromatic rings. The van der Waals surface area contributed by atoms with Gasteiger partial charge < -0.3 is 52.1 Å². The number of hydrogen-bond donors (Lipinski definition) is 0. The lowest BCUT2D eigenvalue weighted by Gasteiger charge is -2.27. The maximum Gasteiger partial charge on any atom is 0.330 e. The monoisotopic (exact) mass is 1310 g/mol. The summed E-state index contributed by atoms with van der Waals surface area (Å²) in [6.45, 7) is 14.9. The van der Waals surface area contributed by atoms with Crippen LogP contribution in [0.15, 0.2) is 93.4 Å². The molecule has 25 heteroatoms. The molecule has 0 spiro atoms. The van der Waals surface area contributed by atoms with E-state index in [1.807, 2.05) is 12.1 Å². The van der Waals surface area contributed by atoms with Crippen LogP contribution in [0.1, 0.15) is 120 Å². The minimum atomic E-state index is -0.676. The number of thioether (sulfide) groups is 2. The van der Waals surface area contributed by atoms with Gasteiger partial charge >= 0.3 is 59.7 Å². The molecule has 3 atom stereocenters. The molecule has 1 heterocycles. The Balaban J connectivity index is 0.914. The van der Waals surface area contributed by atoms with E-state index < -0.39 is 102 Å². The Morgan fingerprint density at radius 2 is 0.815 bits per heavy atom. The molecule has 0 radical (unpaired) electrons. The predicted octanol–water partition coefficient (Wildman–Crippen LogP) is 9.85. The van der Waals surface area contributed by atoms with Gasteiger partial charge in [-0.3, -0.25) is 38.4 Å². The van der Waals surface area contributed by atoms with Crippen LogP contribution in [0.3, 0.4) is 0 Å². The molecule has 2 saturated carbocycles. The Bertz CT molecular complexity index is 3310. The summed E-state index contributed by atoms with van der Waals surface area (Å²) >= 11 is 2.14. The molecule has 0 N–H and O–H groups in total. The number of carbonyl (C=O) groups is 10. The third-order valence-electron chi connectivity index (χ3n) is 15.1. The van der Waals surface area contributed by atoms with Crippen molar-refractivity contribution in [2.45, 2.75) is 153 Å². The number of ether oxygens (including phenoxy) is 11. The molecule has 0 aromatic heterocycles. The summed E-state index contributed by atoms with van der Waals surface area (Å²) in [6, 6.07) is 17.3. The molecule has 2 aliphatic carbocycles. The molecular weight excluding hydrogens is 1230 g/mol. The van der Waals surface area contributed by atoms with Crippen LogP contribution < -0.4 is 18.9 Å². The first-order valence-corrected chi connectivity index (χ1v) is 31.7. The van der Waals surface area contributed by atoms with Gasteiger partial charge in [0.2, 0.25) is 0 Å². The number of nitrogens with zero attached hydrogens (tertiary/aromatic N) is 2. The van der Waals surface area contributed by atoms with E-state index in [1.165, 1.54) is 0 Å². The first kappa shape index (κ1) is 72.3. The third kappa shape index (κ3) is 22.6. The molecule has 2 fully saturated rings. The number of carbonyl (C=O) groups excluding carboxylic acids is 10. The molecule has 6 rings (SSSR count). The number of fused-ring (bicyclic) bond motifs is 1. The van der Waals surface area contributed by atoms with Crippen molar-refractivity contribution < 1.29 is 100 Å². The van der Waals surface area contributed by atoms with E-state index in [0.29, 0.717) is 101 Å². The number of benzene rings is 3. The molecule has 490 valence electrons. The number of hydrogen-bond acceptors (Lipinski definition) is 25. The Morgan fingerprint density at radius 1 is 0.489 bits per heavy atom. The smallest absolute Gasteiger partial charge is 0.330 e. The van der Waals surface area contributed by atoms with Crippen molar-refractivity contribution in [3.63, 3.8) is 0 Å². The van der Waals surface area contributed by atoms with Gasteiger partial charge in [-0.05, 0) is 133 Å². The topological polar surface area (TPSA) is 320 Å². The SMILES string of the molecule is C=CC(=O)OC(C)COC(=O)CCC(=O)OCCc1ccc(OC(=O)C2CCC(C(=O)Oc3c(C)c(C)c(OC(=O)C4CCC(C(=O)Oc5ccc(CCOC(=O)CCC(=O)OCC(C)OCC(C)OC(=O)C=C)cc5)CC4)c4c3SC(=C(C#N)C#N)S4)CC2)cc1. The van der Waals surface area contributed by atoms with Gasteiger partial charge in [0.25, 0.3) is 0 Å². The van der Waals surface area contributed by atoms with E-state index in [0.717, 1.165) is 46.8 Å². The van der Waals surface area contributed by atoms with E-state index >= 15 is 0 Å². The van der Waals surface area contributed by atoms with Crippen molar-refractivity contribution in [3.05, 3.63) is 106 Å². The summed E-state index contributed by atoms with van der Waals surface area (Å²) in [4.78, 5) is 126. The van der Waals surface area contributed by atoms with Gasteiger partial charge in [-0.25, -0.2) is 9.59 Å². The Labute approximate surface area is 541 Å². The number of rotatable bonds is 31. The molecule has 3 aromatic carbocycles. The van der Waals surface area contributed by atoms with E-state index in [2.05, 4.69) is 13.2 Å². The zero-order valence-electron chi connectivity index (χ0n) is 51.9. The highest BCUT2D eigenvalue weighted by Gasteiger charge is 2.39. The van der Waals surface area contributed by atoms with Gasteiger partial charge in [-0.15, -0.1) is 0 Å². The van der Waals surface area contributed by atoms with Crippen LogP contribution in [-0.2, 0) is 93.9 Å². The van der Waals surface area contributed by atoms with Crippen molar-refractivity contribution in [1.82, 2.24) is 0 Å². The Kier molecular flexibility index (Phi) is 28.5. The van der Waals surface area contributed by atoms with Crippen LogP contribution in [0.25, 0.3) is 0 Å². The molecule has 0 bridgehead atoms. The van der Waals surface area contributed by atoms with Crippen molar-refractivity contribution in [2.75, 3.05) is 33.0 Å². The maximum atomic E-state index is 13.9. The average molecular weight is 1310 g/mol. The summed E-state index contributed by atoms with van der Waals surface area (Å²) in [6.07, 6.45) is 3.10. The lowest BCUT2D eigenvalue weighted by atomic mass is 9.82. The summed E-state index contributed by atoms with van der Waals surface area (Å²) in [5, 5.41) is 19.6. The van der Waals surface area contributed by atoms with Crippen molar-refractivity contribution in [3.8, 4) is 35.1 Å². The Hall–Kier alpha value is -8.78. The van der Waals surface area contributed by atoms with E-state index in [4.69, 9.17) is 52.1 Å². The zero-order valence-corrected chi connectivity index (χ0v) is 53.6. The van der Waals surface area contributed by atoms with Gasteiger partial charge in [0.1, 0.15) is 66.1 Å². The number of allylic oxidation sites excluding steroid dienone is 1. The Morgan fingerprint density at radius 3 is 1.16 bits per heavy atom. The maximum absolute atomic E-state index is 13.9. The van der Waals surface area contributed by atoms with Gasteiger partial charge in [-0.2, -0.15) is 10.5 Å². The largest absolute Gasteiger partial charge is 0.465 e. The van der Waals surface area contributed by atoms with Crippen LogP contribution in [-0.4, -0.2) is 111 Å². The minimum absolute atomic E-state index is 0.0467. The fourth-order valence-electron chi connectivity index (χ4n) is 9.68. The number of esters is 10. The summed E-state index contributed by atoms with van der Waals surface area (Å²) in [5.41, 5.74) is 2.45. The predicted molar refractivity (Wildman–Crippen MR) is 329 cm³/mol. The van der Waals surface area contributed by atoms with Gasteiger partial charge in [-0.1, -0.05) is 60.9 Å². The molecule has 1 aliphatic heterocycles. The van der Waals surface area contributed by atoms with Crippen LogP contribution in [0.4, 0.5) is 0 Å². The molecular formula is C67H74N2O21S2. The first-order valence-electron chi connectivity index (χ1n) is 30.1. The quantitative estimate of drug-likeness (QED) is 0.0190. The number of nitriles is 2. The van der Waals surface area contributed by atoms with Crippen molar-refractivity contribution >= 4 is 83.2 Å². The van der Waals surface area contributed by atoms with E-state index in [-0.39, 0.29) is 75.8 Å². The van der Waals surface area contributed by atoms with Crippen LogP contribution in [0.2, 0.25) is 0 Å². The summed E-state index contributed by atoms with van der Waals surface area (Å²) in [5.74, 6) is -6.61. The second-order valence-electron chi connectivity index (χ2n) is 22.1. The molecule has 0 saturated heterocycles. The average Bonchev–Trinajstić information content (AvgIpc) is 1.55. The molecule has 23 nitrogen and oxygen atoms in total. The molecule has 0 amide bonds. The second kappa shape index (κ2) is 36.3. The molecule has 3 aliphatic rings. The molecule has 3 unspecified atom stereocenters. The highest BCUT2D eigenvalue weighted by Crippen LogP contribution is 2.61. The fourth-order valence-corrected chi connectivity index (χ4v) is 12.3. The van der Waals surface area contributed by atoms with Gasteiger partial charge in [0, 0.05) is 25.0 Å².